The number of phenols is 1. The molecular weight excluding hydrogens is 376 g/mol. The maximum absolute atomic E-state index is 12.1. The summed E-state index contributed by atoms with van der Waals surface area (Å²) in [6.45, 7) is 0. The van der Waals surface area contributed by atoms with Gasteiger partial charge >= 0.3 is 0 Å². The van der Waals surface area contributed by atoms with Crippen LogP contribution in [0.1, 0.15) is 15.9 Å². The van der Waals surface area contributed by atoms with Crippen LogP contribution >= 0.6 is 15.9 Å². The van der Waals surface area contributed by atoms with E-state index in [-0.39, 0.29) is 11.7 Å². The zero-order valence-electron chi connectivity index (χ0n) is 12.6. The zero-order chi connectivity index (χ0) is 17.1. The Morgan fingerprint density at radius 1 is 1.42 bits per heavy atom. The van der Waals surface area contributed by atoms with Crippen molar-refractivity contribution in [2.24, 2.45) is 5.10 Å². The number of amides is 1. The molecule has 0 radical (unpaired) electrons. The number of phenolic OH excluding ortho intramolecular Hbond substituents is 1. The third kappa shape index (κ3) is 3.23. The molecule has 3 aromatic rings. The molecule has 3 N–H and O–H groups in total. The number of H-pyrrole nitrogens is 1. The first-order valence-electron chi connectivity index (χ1n) is 6.91. The summed E-state index contributed by atoms with van der Waals surface area (Å²) in [5, 5.41) is 13.7. The molecule has 0 spiro atoms. The number of carbonyl (C=O) groups is 1. The van der Waals surface area contributed by atoms with Gasteiger partial charge in [0.05, 0.1) is 35.2 Å². The summed E-state index contributed by atoms with van der Waals surface area (Å²) in [5.41, 5.74) is 5.14. The van der Waals surface area contributed by atoms with E-state index < -0.39 is 0 Å². The Labute approximate surface area is 145 Å². The number of aromatic nitrogens is 2. The maximum atomic E-state index is 12.1. The smallest absolute Gasteiger partial charge is 0.271 e. The number of hydrazone groups is 1. The van der Waals surface area contributed by atoms with E-state index in [1.165, 1.54) is 13.3 Å². The largest absolute Gasteiger partial charge is 0.503 e. The van der Waals surface area contributed by atoms with Crippen LogP contribution in [0.5, 0.6) is 11.5 Å². The van der Waals surface area contributed by atoms with Crippen LogP contribution < -0.4 is 10.2 Å². The fraction of sp³-hybridized carbons (Fsp3) is 0.0625. The summed E-state index contributed by atoms with van der Waals surface area (Å²) >= 11 is 3.23. The average molecular weight is 389 g/mol. The number of aromatic amines is 1. The standard InChI is InChI=1S/C16H13BrN4O3/c1-24-14-5-9(4-11(17)15(14)22)7-20-21-16(23)10-2-3-12-13(6-10)19-8-18-12/h2-8,22H,1H3,(H,18,19)(H,21,23). The van der Waals surface area contributed by atoms with Crippen molar-refractivity contribution in [3.63, 3.8) is 0 Å². The van der Waals surface area contributed by atoms with Gasteiger partial charge in [0.1, 0.15) is 0 Å². The first kappa shape index (κ1) is 16.0. The van der Waals surface area contributed by atoms with Gasteiger partial charge in [0.2, 0.25) is 0 Å². The quantitative estimate of drug-likeness (QED) is 0.472. The van der Waals surface area contributed by atoms with Gasteiger partial charge in [-0.1, -0.05) is 0 Å². The van der Waals surface area contributed by atoms with Gasteiger partial charge in [-0.2, -0.15) is 5.10 Å². The van der Waals surface area contributed by atoms with E-state index in [0.29, 0.717) is 21.3 Å². The number of nitrogens with one attached hydrogen (secondary N) is 2. The van der Waals surface area contributed by atoms with Crippen molar-refractivity contribution < 1.29 is 14.6 Å². The molecule has 0 aliphatic rings. The first-order chi connectivity index (χ1) is 11.6. The summed E-state index contributed by atoms with van der Waals surface area (Å²) in [6, 6.07) is 8.39. The SMILES string of the molecule is COc1cc(C=NNC(=O)c2ccc3nc[nH]c3c2)cc(Br)c1O. The monoisotopic (exact) mass is 388 g/mol. The lowest BCUT2D eigenvalue weighted by molar-refractivity contribution is 0.0955. The van der Waals surface area contributed by atoms with Gasteiger partial charge in [0, 0.05) is 5.56 Å². The third-order valence-electron chi connectivity index (χ3n) is 3.33. The Morgan fingerprint density at radius 2 is 2.25 bits per heavy atom. The number of benzene rings is 2. The molecule has 0 aliphatic carbocycles. The second kappa shape index (κ2) is 6.71. The van der Waals surface area contributed by atoms with Crippen molar-refractivity contribution >= 4 is 39.1 Å². The molecule has 8 heteroatoms. The lowest BCUT2D eigenvalue weighted by atomic mass is 10.2. The predicted molar refractivity (Wildman–Crippen MR) is 93.5 cm³/mol. The number of carbonyl (C=O) groups excluding carboxylic acids is 1. The van der Waals surface area contributed by atoms with Crippen LogP contribution in [0.25, 0.3) is 11.0 Å². The van der Waals surface area contributed by atoms with Crippen molar-refractivity contribution in [2.75, 3.05) is 7.11 Å². The molecular formula is C16H13BrN4O3. The third-order valence-corrected chi connectivity index (χ3v) is 3.94. The van der Waals surface area contributed by atoms with E-state index in [2.05, 4.69) is 36.4 Å². The molecule has 0 unspecified atom stereocenters. The van der Waals surface area contributed by atoms with Gasteiger partial charge in [-0.25, -0.2) is 10.4 Å². The van der Waals surface area contributed by atoms with Gasteiger partial charge in [-0.15, -0.1) is 0 Å². The Morgan fingerprint density at radius 3 is 3.04 bits per heavy atom. The van der Waals surface area contributed by atoms with E-state index in [1.54, 1.807) is 36.7 Å². The van der Waals surface area contributed by atoms with E-state index in [1.807, 2.05) is 0 Å². The zero-order valence-corrected chi connectivity index (χ0v) is 14.2. The molecule has 122 valence electrons. The lowest BCUT2D eigenvalue weighted by Gasteiger charge is -2.06. The van der Waals surface area contributed by atoms with Gasteiger partial charge < -0.3 is 14.8 Å². The average Bonchev–Trinajstić information content (AvgIpc) is 3.05. The highest BCUT2D eigenvalue weighted by atomic mass is 79.9. The number of aromatic hydroxyl groups is 1. The second-order valence-corrected chi connectivity index (χ2v) is 5.74. The number of nitrogens with zero attached hydrogens (tertiary/aromatic N) is 2. The maximum Gasteiger partial charge on any atom is 0.271 e. The highest BCUT2D eigenvalue weighted by Crippen LogP contribution is 2.34. The number of ether oxygens (including phenoxy) is 1. The van der Waals surface area contributed by atoms with Crippen molar-refractivity contribution in [2.45, 2.75) is 0 Å². The van der Waals surface area contributed by atoms with Crippen molar-refractivity contribution in [1.29, 1.82) is 0 Å². The molecule has 24 heavy (non-hydrogen) atoms. The van der Waals surface area contributed by atoms with Crippen LogP contribution in [0, 0.1) is 0 Å². The summed E-state index contributed by atoms with van der Waals surface area (Å²) < 4.78 is 5.53. The van der Waals surface area contributed by atoms with Crippen LogP contribution in [-0.4, -0.2) is 34.3 Å². The molecule has 3 rings (SSSR count). The normalized spacial score (nSPS) is 11.1. The highest BCUT2D eigenvalue weighted by molar-refractivity contribution is 9.10. The van der Waals surface area contributed by atoms with Crippen molar-refractivity contribution in [3.05, 3.63) is 52.3 Å². The van der Waals surface area contributed by atoms with Gasteiger partial charge in [0.25, 0.3) is 5.91 Å². The van der Waals surface area contributed by atoms with Crippen LogP contribution in [0.3, 0.4) is 0 Å². The molecule has 0 saturated carbocycles. The summed E-state index contributed by atoms with van der Waals surface area (Å²) in [6.07, 6.45) is 3.03. The second-order valence-electron chi connectivity index (χ2n) is 4.89. The Bertz CT molecular complexity index is 936. The lowest BCUT2D eigenvalue weighted by Crippen LogP contribution is -2.17. The molecule has 0 saturated heterocycles. The topological polar surface area (TPSA) is 99.6 Å². The minimum atomic E-state index is -0.340. The number of rotatable bonds is 4. The first-order valence-corrected chi connectivity index (χ1v) is 7.71. The van der Waals surface area contributed by atoms with Gasteiger partial charge in [-0.3, -0.25) is 4.79 Å². The molecule has 1 heterocycles. The fourth-order valence-corrected chi connectivity index (χ4v) is 2.59. The number of fused-ring (bicyclic) bond motifs is 1. The number of halogens is 1. The number of hydrogen-bond acceptors (Lipinski definition) is 5. The molecule has 2 aromatic carbocycles. The molecule has 0 bridgehead atoms. The molecule has 1 aromatic heterocycles. The van der Waals surface area contributed by atoms with Crippen molar-refractivity contribution in [3.8, 4) is 11.5 Å². The van der Waals surface area contributed by atoms with Gasteiger partial charge in [0.15, 0.2) is 11.5 Å². The van der Waals surface area contributed by atoms with E-state index in [9.17, 15) is 9.90 Å². The van der Waals surface area contributed by atoms with Crippen LogP contribution in [-0.2, 0) is 0 Å². The summed E-state index contributed by atoms with van der Waals surface area (Å²) in [5.74, 6) is -0.0269. The molecule has 0 fully saturated rings. The van der Waals surface area contributed by atoms with Crippen LogP contribution in [0.2, 0.25) is 0 Å². The van der Waals surface area contributed by atoms with Gasteiger partial charge in [-0.05, 0) is 51.8 Å². The van der Waals surface area contributed by atoms with Crippen LogP contribution in [0.15, 0.2) is 46.2 Å². The van der Waals surface area contributed by atoms with Crippen molar-refractivity contribution in [1.82, 2.24) is 15.4 Å². The fourth-order valence-electron chi connectivity index (χ4n) is 2.13. The van der Waals surface area contributed by atoms with E-state index >= 15 is 0 Å². The Kier molecular flexibility index (Phi) is 4.48. The summed E-state index contributed by atoms with van der Waals surface area (Å²) in [4.78, 5) is 19.2. The molecule has 1 amide bonds. The Balaban J connectivity index is 1.73. The predicted octanol–water partition coefficient (Wildman–Crippen LogP) is 2.80. The Hall–Kier alpha value is -2.87. The summed E-state index contributed by atoms with van der Waals surface area (Å²) in [7, 11) is 1.45. The number of imidazole rings is 1. The van der Waals surface area contributed by atoms with E-state index in [4.69, 9.17) is 4.74 Å². The molecule has 7 nitrogen and oxygen atoms in total. The molecule has 0 aliphatic heterocycles. The van der Waals surface area contributed by atoms with Crippen LogP contribution in [0.4, 0.5) is 0 Å². The minimum absolute atomic E-state index is 0.00606. The minimum Gasteiger partial charge on any atom is -0.503 e. The number of hydrogen-bond donors (Lipinski definition) is 3. The number of methoxy groups -OCH3 is 1. The molecule has 0 atom stereocenters. The van der Waals surface area contributed by atoms with E-state index in [0.717, 1.165) is 11.0 Å². The highest BCUT2D eigenvalue weighted by Gasteiger charge is 2.08.